The second-order valence-corrected chi connectivity index (χ2v) is 2.97. The van der Waals surface area contributed by atoms with Crippen molar-refractivity contribution < 1.29 is 10.0 Å². The summed E-state index contributed by atoms with van der Waals surface area (Å²) in [5.74, 6) is 0. The van der Waals surface area contributed by atoms with Crippen molar-refractivity contribution in [2.45, 2.75) is 12.5 Å². The fraction of sp³-hybridized carbons (Fsp3) is 0.333. The molecule has 1 unspecified atom stereocenters. The summed E-state index contributed by atoms with van der Waals surface area (Å²) in [6, 6.07) is 5.77. The molecule has 3 N–H and O–H groups in total. The summed E-state index contributed by atoms with van der Waals surface area (Å²) in [4.78, 5) is 9.89. The Hall–Kier alpha value is -1.46. The summed E-state index contributed by atoms with van der Waals surface area (Å²) in [7, 11) is 0. The first-order chi connectivity index (χ1) is 6.65. The molecule has 0 fully saturated rings. The maximum Gasteiger partial charge on any atom is 0.269 e. The average molecular weight is 196 g/mol. The van der Waals surface area contributed by atoms with Crippen LogP contribution in [0.2, 0.25) is 0 Å². The van der Waals surface area contributed by atoms with Gasteiger partial charge >= 0.3 is 0 Å². The van der Waals surface area contributed by atoms with E-state index in [0.717, 1.165) is 5.56 Å². The van der Waals surface area contributed by atoms with Crippen molar-refractivity contribution in [1.82, 2.24) is 0 Å². The van der Waals surface area contributed by atoms with E-state index >= 15 is 0 Å². The molecule has 76 valence electrons. The van der Waals surface area contributed by atoms with Crippen LogP contribution in [-0.4, -0.2) is 16.6 Å². The van der Waals surface area contributed by atoms with Gasteiger partial charge in [0.05, 0.1) is 4.92 Å². The van der Waals surface area contributed by atoms with Crippen LogP contribution in [0.5, 0.6) is 0 Å². The van der Waals surface area contributed by atoms with E-state index in [4.69, 9.17) is 10.8 Å². The van der Waals surface area contributed by atoms with Crippen molar-refractivity contribution in [2.75, 3.05) is 6.61 Å². The van der Waals surface area contributed by atoms with E-state index in [2.05, 4.69) is 0 Å². The number of nitrogens with two attached hydrogens (primary N) is 1. The van der Waals surface area contributed by atoms with Crippen LogP contribution in [-0.2, 0) is 0 Å². The number of aliphatic hydroxyl groups is 1. The van der Waals surface area contributed by atoms with Crippen LogP contribution < -0.4 is 5.73 Å². The second kappa shape index (κ2) is 4.69. The molecule has 1 rings (SSSR count). The third-order valence-corrected chi connectivity index (χ3v) is 1.97. The van der Waals surface area contributed by atoms with Gasteiger partial charge < -0.3 is 10.8 Å². The Morgan fingerprint density at radius 2 is 2.00 bits per heavy atom. The number of hydrogen-bond acceptors (Lipinski definition) is 4. The number of benzene rings is 1. The third kappa shape index (κ3) is 2.51. The number of rotatable bonds is 4. The summed E-state index contributed by atoms with van der Waals surface area (Å²) in [6.07, 6.45) is 0.456. The smallest absolute Gasteiger partial charge is 0.269 e. The highest BCUT2D eigenvalue weighted by Crippen LogP contribution is 2.17. The molecule has 0 heterocycles. The van der Waals surface area contributed by atoms with Crippen LogP contribution in [0.15, 0.2) is 24.3 Å². The molecule has 0 aliphatic carbocycles. The molecule has 0 radical (unpaired) electrons. The number of nitro benzene ring substituents is 1. The van der Waals surface area contributed by atoms with Gasteiger partial charge in [0.15, 0.2) is 0 Å². The lowest BCUT2D eigenvalue weighted by Gasteiger charge is -2.09. The van der Waals surface area contributed by atoms with Crippen LogP contribution in [0.1, 0.15) is 18.0 Å². The van der Waals surface area contributed by atoms with Gasteiger partial charge in [0.25, 0.3) is 5.69 Å². The summed E-state index contributed by atoms with van der Waals surface area (Å²) in [5, 5.41) is 19.0. The molecule has 5 nitrogen and oxygen atoms in total. The van der Waals surface area contributed by atoms with E-state index in [-0.39, 0.29) is 18.3 Å². The van der Waals surface area contributed by atoms with E-state index in [9.17, 15) is 10.1 Å². The first-order valence-electron chi connectivity index (χ1n) is 4.26. The van der Waals surface area contributed by atoms with E-state index < -0.39 is 4.92 Å². The van der Waals surface area contributed by atoms with E-state index in [1.54, 1.807) is 12.1 Å². The largest absolute Gasteiger partial charge is 0.396 e. The first kappa shape index (κ1) is 10.6. The first-order valence-corrected chi connectivity index (χ1v) is 4.26. The molecule has 0 spiro atoms. The molecule has 0 amide bonds. The molecule has 0 aliphatic heterocycles. The standard InChI is InChI=1S/C9H12N2O3/c10-9(5-6-12)7-1-3-8(4-2-7)11(13)14/h1-4,9,12H,5-6,10H2. The SMILES string of the molecule is NC(CCO)c1ccc([N+](=O)[O-])cc1. The van der Waals surface area contributed by atoms with Gasteiger partial charge in [0.2, 0.25) is 0 Å². The number of aliphatic hydroxyl groups excluding tert-OH is 1. The molecule has 5 heteroatoms. The van der Waals surface area contributed by atoms with Gasteiger partial charge in [0.1, 0.15) is 0 Å². The van der Waals surface area contributed by atoms with Crippen molar-refractivity contribution in [2.24, 2.45) is 5.73 Å². The predicted octanol–water partition coefficient (Wildman–Crippen LogP) is 0.977. The minimum Gasteiger partial charge on any atom is -0.396 e. The zero-order valence-corrected chi connectivity index (χ0v) is 7.59. The fourth-order valence-electron chi connectivity index (χ4n) is 1.15. The Balaban J connectivity index is 2.77. The summed E-state index contributed by atoms with van der Waals surface area (Å²) in [6.45, 7) is 0.0121. The van der Waals surface area contributed by atoms with Gasteiger partial charge in [-0.1, -0.05) is 12.1 Å². The van der Waals surface area contributed by atoms with Crippen molar-refractivity contribution >= 4 is 5.69 Å². The van der Waals surface area contributed by atoms with E-state index in [1.165, 1.54) is 12.1 Å². The van der Waals surface area contributed by atoms with Crippen LogP contribution in [0.25, 0.3) is 0 Å². The highest BCUT2D eigenvalue weighted by atomic mass is 16.6. The highest BCUT2D eigenvalue weighted by molar-refractivity contribution is 5.34. The Bertz CT molecular complexity index is 310. The fourth-order valence-corrected chi connectivity index (χ4v) is 1.15. The van der Waals surface area contributed by atoms with Crippen LogP contribution >= 0.6 is 0 Å². The lowest BCUT2D eigenvalue weighted by molar-refractivity contribution is -0.384. The molecule has 0 saturated heterocycles. The zero-order chi connectivity index (χ0) is 10.6. The molecule has 0 bridgehead atoms. The van der Waals surface area contributed by atoms with E-state index in [0.29, 0.717) is 6.42 Å². The quantitative estimate of drug-likeness (QED) is 0.554. The zero-order valence-electron chi connectivity index (χ0n) is 7.59. The number of nitro groups is 1. The minimum atomic E-state index is -0.457. The highest BCUT2D eigenvalue weighted by Gasteiger charge is 2.08. The van der Waals surface area contributed by atoms with Gasteiger partial charge in [-0.25, -0.2) is 0 Å². The topological polar surface area (TPSA) is 89.4 Å². The van der Waals surface area contributed by atoms with Gasteiger partial charge in [-0.3, -0.25) is 10.1 Å². The monoisotopic (exact) mass is 196 g/mol. The lowest BCUT2D eigenvalue weighted by Crippen LogP contribution is -2.11. The van der Waals surface area contributed by atoms with Crippen LogP contribution in [0.4, 0.5) is 5.69 Å². The molecule has 0 aliphatic rings. The maximum atomic E-state index is 10.3. The van der Waals surface area contributed by atoms with Gasteiger partial charge in [-0.15, -0.1) is 0 Å². The number of nitrogens with zero attached hydrogens (tertiary/aromatic N) is 1. The maximum absolute atomic E-state index is 10.3. The predicted molar refractivity (Wildman–Crippen MR) is 51.7 cm³/mol. The molecular formula is C9H12N2O3. The lowest BCUT2D eigenvalue weighted by atomic mass is 10.1. The Labute approximate surface area is 81.3 Å². The van der Waals surface area contributed by atoms with Gasteiger partial charge in [-0.2, -0.15) is 0 Å². The third-order valence-electron chi connectivity index (χ3n) is 1.97. The average Bonchev–Trinajstić information content (AvgIpc) is 2.18. The Morgan fingerprint density at radius 1 is 1.43 bits per heavy atom. The van der Waals surface area contributed by atoms with Crippen LogP contribution in [0.3, 0.4) is 0 Å². The van der Waals surface area contributed by atoms with Crippen molar-refractivity contribution in [3.8, 4) is 0 Å². The molecule has 14 heavy (non-hydrogen) atoms. The summed E-state index contributed by atoms with van der Waals surface area (Å²) in [5.41, 5.74) is 6.54. The van der Waals surface area contributed by atoms with Crippen LogP contribution in [0, 0.1) is 10.1 Å². The van der Waals surface area contributed by atoms with Crippen molar-refractivity contribution in [1.29, 1.82) is 0 Å². The molecule has 0 saturated carbocycles. The number of hydrogen-bond donors (Lipinski definition) is 2. The minimum absolute atomic E-state index is 0.0121. The second-order valence-electron chi connectivity index (χ2n) is 2.97. The van der Waals surface area contributed by atoms with Gasteiger partial charge in [0, 0.05) is 24.8 Å². The molecule has 1 aromatic rings. The Morgan fingerprint density at radius 3 is 2.43 bits per heavy atom. The normalized spacial score (nSPS) is 12.4. The van der Waals surface area contributed by atoms with Crippen molar-refractivity contribution in [3.05, 3.63) is 39.9 Å². The molecular weight excluding hydrogens is 184 g/mol. The number of non-ortho nitro benzene ring substituents is 1. The summed E-state index contributed by atoms with van der Waals surface area (Å²) < 4.78 is 0. The van der Waals surface area contributed by atoms with Crippen molar-refractivity contribution in [3.63, 3.8) is 0 Å². The Kier molecular flexibility index (Phi) is 3.55. The molecule has 0 aromatic heterocycles. The van der Waals surface area contributed by atoms with E-state index in [1.807, 2.05) is 0 Å². The summed E-state index contributed by atoms with van der Waals surface area (Å²) >= 11 is 0. The molecule has 1 aromatic carbocycles. The van der Waals surface area contributed by atoms with Gasteiger partial charge in [-0.05, 0) is 12.0 Å². The molecule has 1 atom stereocenters.